The summed E-state index contributed by atoms with van der Waals surface area (Å²) >= 11 is 0. The Hall–Kier alpha value is -2.13. The van der Waals surface area contributed by atoms with Gasteiger partial charge in [-0.1, -0.05) is 6.07 Å². The minimum atomic E-state index is -0.456. The van der Waals surface area contributed by atoms with Gasteiger partial charge in [-0.05, 0) is 44.4 Å². The Balaban J connectivity index is 2.45. The van der Waals surface area contributed by atoms with Gasteiger partial charge in [0.1, 0.15) is 17.3 Å². The first-order valence-electron chi connectivity index (χ1n) is 6.83. The largest absolute Gasteiger partial charge is 0.363 e. The molecule has 0 bridgehead atoms. The lowest BCUT2D eigenvalue weighted by molar-refractivity contribution is -0.384. The number of rotatable bonds is 4. The summed E-state index contributed by atoms with van der Waals surface area (Å²) in [7, 11) is 0. The molecule has 1 saturated heterocycles. The summed E-state index contributed by atoms with van der Waals surface area (Å²) in [5.41, 5.74) is 6.22. The summed E-state index contributed by atoms with van der Waals surface area (Å²) in [5, 5.41) is 20.4. The van der Waals surface area contributed by atoms with Crippen LogP contribution in [0.1, 0.15) is 31.2 Å². The first-order chi connectivity index (χ1) is 9.69. The van der Waals surface area contributed by atoms with Crippen LogP contribution in [-0.2, 0) is 0 Å². The van der Waals surface area contributed by atoms with Crippen LogP contribution < -0.4 is 10.6 Å². The van der Waals surface area contributed by atoms with Crippen molar-refractivity contribution in [3.05, 3.63) is 33.9 Å². The molecule has 0 saturated carbocycles. The maximum absolute atomic E-state index is 11.3. The maximum Gasteiger partial charge on any atom is 0.310 e. The molecule has 0 spiro atoms. The second-order valence-corrected chi connectivity index (χ2v) is 4.96. The number of hydrogen-bond donors (Lipinski definition) is 1. The van der Waals surface area contributed by atoms with Gasteiger partial charge in [0.05, 0.1) is 4.92 Å². The monoisotopic (exact) mass is 274 g/mol. The van der Waals surface area contributed by atoms with Gasteiger partial charge < -0.3 is 10.6 Å². The van der Waals surface area contributed by atoms with Crippen LogP contribution in [-0.4, -0.2) is 24.1 Å². The predicted octanol–water partition coefficient (Wildman–Crippen LogP) is 2.17. The van der Waals surface area contributed by atoms with Crippen LogP contribution in [0.25, 0.3) is 0 Å². The highest BCUT2D eigenvalue weighted by molar-refractivity contribution is 5.70. The highest BCUT2D eigenvalue weighted by atomic mass is 16.6. The van der Waals surface area contributed by atoms with Crippen molar-refractivity contribution in [1.82, 2.24) is 0 Å². The van der Waals surface area contributed by atoms with Gasteiger partial charge in [0.2, 0.25) is 0 Å². The SMILES string of the molecule is N#Cc1cccc(N2CCCCC2CCN)c1[N+](=O)[O-]. The number of para-hydroxylation sites is 1. The topological polar surface area (TPSA) is 96.2 Å². The predicted molar refractivity (Wildman–Crippen MR) is 76.5 cm³/mol. The average molecular weight is 274 g/mol. The van der Waals surface area contributed by atoms with Crippen LogP contribution >= 0.6 is 0 Å². The molecule has 1 fully saturated rings. The van der Waals surface area contributed by atoms with Crippen molar-refractivity contribution >= 4 is 11.4 Å². The van der Waals surface area contributed by atoms with Gasteiger partial charge in [0.15, 0.2) is 0 Å². The van der Waals surface area contributed by atoms with E-state index >= 15 is 0 Å². The minimum Gasteiger partial charge on any atom is -0.363 e. The van der Waals surface area contributed by atoms with Crippen LogP contribution in [0.3, 0.4) is 0 Å². The first kappa shape index (κ1) is 14.3. The Labute approximate surface area is 117 Å². The second kappa shape index (κ2) is 6.35. The zero-order valence-electron chi connectivity index (χ0n) is 11.3. The van der Waals surface area contributed by atoms with Crippen LogP contribution in [0.15, 0.2) is 18.2 Å². The molecule has 1 unspecified atom stereocenters. The van der Waals surface area contributed by atoms with Crippen molar-refractivity contribution in [2.45, 2.75) is 31.7 Å². The molecule has 20 heavy (non-hydrogen) atoms. The van der Waals surface area contributed by atoms with E-state index in [1.54, 1.807) is 12.1 Å². The number of nitro groups is 1. The van der Waals surface area contributed by atoms with Crippen LogP contribution in [0.2, 0.25) is 0 Å². The fourth-order valence-corrected chi connectivity index (χ4v) is 2.86. The summed E-state index contributed by atoms with van der Waals surface area (Å²) in [6.45, 7) is 1.34. The molecule has 0 aromatic heterocycles. The van der Waals surface area contributed by atoms with Gasteiger partial charge in [-0.2, -0.15) is 5.26 Å². The number of nitrogens with zero attached hydrogens (tertiary/aromatic N) is 3. The van der Waals surface area contributed by atoms with Gasteiger partial charge in [-0.15, -0.1) is 0 Å². The Morgan fingerprint density at radius 2 is 2.30 bits per heavy atom. The smallest absolute Gasteiger partial charge is 0.310 e. The number of nitrogens with two attached hydrogens (primary N) is 1. The lowest BCUT2D eigenvalue weighted by Crippen LogP contribution is -2.41. The molecule has 0 radical (unpaired) electrons. The molecule has 0 aliphatic carbocycles. The van der Waals surface area contributed by atoms with Crippen molar-refractivity contribution in [1.29, 1.82) is 5.26 Å². The molecule has 1 aromatic carbocycles. The Kier molecular flexibility index (Phi) is 4.53. The third-order valence-electron chi connectivity index (χ3n) is 3.75. The lowest BCUT2D eigenvalue weighted by Gasteiger charge is -2.37. The lowest BCUT2D eigenvalue weighted by atomic mass is 9.97. The highest BCUT2D eigenvalue weighted by Crippen LogP contribution is 2.35. The van der Waals surface area contributed by atoms with E-state index in [1.165, 1.54) is 6.07 Å². The second-order valence-electron chi connectivity index (χ2n) is 4.96. The molecule has 6 heteroatoms. The van der Waals surface area contributed by atoms with E-state index in [-0.39, 0.29) is 17.3 Å². The van der Waals surface area contributed by atoms with Gasteiger partial charge in [-0.25, -0.2) is 0 Å². The van der Waals surface area contributed by atoms with Gasteiger partial charge in [0.25, 0.3) is 0 Å². The summed E-state index contributed by atoms with van der Waals surface area (Å²) in [6, 6.07) is 7.06. The molecule has 1 heterocycles. The van der Waals surface area contributed by atoms with Crippen LogP contribution in [0.4, 0.5) is 11.4 Å². The number of nitro benzene ring substituents is 1. The summed E-state index contributed by atoms with van der Waals surface area (Å²) < 4.78 is 0. The molecule has 2 N–H and O–H groups in total. The third-order valence-corrected chi connectivity index (χ3v) is 3.75. The van der Waals surface area contributed by atoms with Crippen molar-refractivity contribution in [3.8, 4) is 6.07 Å². The van der Waals surface area contributed by atoms with E-state index in [2.05, 4.69) is 4.90 Å². The fraction of sp³-hybridized carbons (Fsp3) is 0.500. The number of anilines is 1. The Bertz CT molecular complexity index is 536. The molecule has 1 atom stereocenters. The third kappa shape index (κ3) is 2.73. The standard InChI is InChI=1S/C14H18N4O2/c15-8-7-12-5-1-2-9-17(12)13-6-3-4-11(10-16)14(13)18(19)20/h3-4,6,12H,1-2,5,7-9,15H2. The number of piperidine rings is 1. The molecule has 1 aromatic rings. The molecule has 1 aliphatic rings. The van der Waals surface area contributed by atoms with Gasteiger partial charge >= 0.3 is 5.69 Å². The summed E-state index contributed by atoms with van der Waals surface area (Å²) in [5.74, 6) is 0. The molecule has 1 aliphatic heterocycles. The maximum atomic E-state index is 11.3. The zero-order valence-corrected chi connectivity index (χ0v) is 11.3. The average Bonchev–Trinajstić information content (AvgIpc) is 2.47. The Morgan fingerprint density at radius 1 is 1.50 bits per heavy atom. The van der Waals surface area contributed by atoms with Gasteiger partial charge in [0, 0.05) is 12.6 Å². The van der Waals surface area contributed by atoms with Crippen LogP contribution in [0, 0.1) is 21.4 Å². The normalized spacial score (nSPS) is 18.6. The number of hydrogen-bond acceptors (Lipinski definition) is 5. The van der Waals surface area contributed by atoms with E-state index in [1.807, 2.05) is 6.07 Å². The van der Waals surface area contributed by atoms with E-state index in [0.717, 1.165) is 32.2 Å². The van der Waals surface area contributed by atoms with Crippen molar-refractivity contribution in [3.63, 3.8) is 0 Å². The van der Waals surface area contributed by atoms with Crippen molar-refractivity contribution in [2.75, 3.05) is 18.0 Å². The highest BCUT2D eigenvalue weighted by Gasteiger charge is 2.29. The Morgan fingerprint density at radius 3 is 2.95 bits per heavy atom. The molecule has 0 amide bonds. The van der Waals surface area contributed by atoms with E-state index in [9.17, 15) is 10.1 Å². The number of benzene rings is 1. The molecule has 2 rings (SSSR count). The minimum absolute atomic E-state index is 0.0843. The zero-order chi connectivity index (χ0) is 14.5. The van der Waals surface area contributed by atoms with E-state index < -0.39 is 4.92 Å². The van der Waals surface area contributed by atoms with Crippen molar-refractivity contribution < 1.29 is 4.92 Å². The van der Waals surface area contributed by atoms with Crippen LogP contribution in [0.5, 0.6) is 0 Å². The number of nitriles is 1. The molecule has 6 nitrogen and oxygen atoms in total. The fourth-order valence-electron chi connectivity index (χ4n) is 2.86. The first-order valence-corrected chi connectivity index (χ1v) is 6.83. The van der Waals surface area contributed by atoms with E-state index in [4.69, 9.17) is 11.0 Å². The van der Waals surface area contributed by atoms with Gasteiger partial charge in [-0.3, -0.25) is 10.1 Å². The molecule has 106 valence electrons. The molecular weight excluding hydrogens is 256 g/mol. The summed E-state index contributed by atoms with van der Waals surface area (Å²) in [6.07, 6.45) is 3.93. The van der Waals surface area contributed by atoms with Crippen molar-refractivity contribution in [2.24, 2.45) is 5.73 Å². The summed E-state index contributed by atoms with van der Waals surface area (Å²) in [4.78, 5) is 12.9. The quantitative estimate of drug-likeness (QED) is 0.670. The molecular formula is C14H18N4O2. The van der Waals surface area contributed by atoms with E-state index in [0.29, 0.717) is 12.2 Å².